The maximum Gasteiger partial charge on any atom is 0.165 e. The van der Waals surface area contributed by atoms with Crippen LogP contribution >= 0.6 is 0 Å². The highest BCUT2D eigenvalue weighted by Gasteiger charge is 2.21. The number of rotatable bonds is 4. The molecular formula is C47H29N3. The van der Waals surface area contributed by atoms with Gasteiger partial charge in [0.05, 0.1) is 0 Å². The average molecular weight is 636 g/mol. The highest BCUT2D eigenvalue weighted by molar-refractivity contribution is 6.23. The van der Waals surface area contributed by atoms with Crippen molar-refractivity contribution in [1.29, 1.82) is 0 Å². The third-order valence-corrected chi connectivity index (χ3v) is 9.87. The van der Waals surface area contributed by atoms with Crippen LogP contribution in [-0.4, -0.2) is 15.0 Å². The SMILES string of the molecule is c1ccc(-c2nc(-c3c4ccccc4c(-c4ccccc4)c4ccccc34)nc(-c3cc4ccc5ccccc5c4c4ccccc34)n2)cc1. The van der Waals surface area contributed by atoms with Crippen LogP contribution in [0.15, 0.2) is 176 Å². The number of aromatic nitrogens is 3. The first-order chi connectivity index (χ1) is 24.8. The molecule has 0 unspecified atom stereocenters. The minimum atomic E-state index is 0.647. The summed E-state index contributed by atoms with van der Waals surface area (Å²) in [5.41, 5.74) is 5.34. The van der Waals surface area contributed by atoms with Gasteiger partial charge in [0, 0.05) is 16.7 Å². The van der Waals surface area contributed by atoms with E-state index in [2.05, 4.69) is 158 Å². The largest absolute Gasteiger partial charge is 0.208 e. The van der Waals surface area contributed by atoms with E-state index < -0.39 is 0 Å². The van der Waals surface area contributed by atoms with Gasteiger partial charge in [-0.1, -0.05) is 170 Å². The zero-order chi connectivity index (χ0) is 33.0. The van der Waals surface area contributed by atoms with Gasteiger partial charge in [0.15, 0.2) is 17.5 Å². The lowest BCUT2D eigenvalue weighted by Gasteiger charge is -2.18. The van der Waals surface area contributed by atoms with Crippen molar-refractivity contribution in [3.8, 4) is 45.3 Å². The number of hydrogen-bond acceptors (Lipinski definition) is 3. The first-order valence-corrected chi connectivity index (χ1v) is 17.0. The quantitative estimate of drug-likeness (QED) is 0.143. The molecule has 1 aromatic heterocycles. The van der Waals surface area contributed by atoms with Gasteiger partial charge in [-0.2, -0.15) is 0 Å². The average Bonchev–Trinajstić information content (AvgIpc) is 3.19. The van der Waals surface area contributed by atoms with E-state index in [1.165, 1.54) is 43.4 Å². The Bertz CT molecular complexity index is 2860. The molecule has 0 radical (unpaired) electrons. The Morgan fingerprint density at radius 2 is 0.740 bits per heavy atom. The molecule has 0 N–H and O–H groups in total. The van der Waals surface area contributed by atoms with Crippen molar-refractivity contribution in [2.24, 2.45) is 0 Å². The summed E-state index contributed by atoms with van der Waals surface area (Å²) >= 11 is 0. The Morgan fingerprint density at radius 3 is 1.40 bits per heavy atom. The van der Waals surface area contributed by atoms with Crippen molar-refractivity contribution in [3.63, 3.8) is 0 Å². The second-order valence-electron chi connectivity index (χ2n) is 12.7. The van der Waals surface area contributed by atoms with E-state index in [0.29, 0.717) is 17.5 Å². The summed E-state index contributed by atoms with van der Waals surface area (Å²) in [6.45, 7) is 0. The van der Waals surface area contributed by atoms with Gasteiger partial charge in [0.25, 0.3) is 0 Å². The second-order valence-corrected chi connectivity index (χ2v) is 12.7. The van der Waals surface area contributed by atoms with E-state index in [4.69, 9.17) is 15.0 Å². The lowest BCUT2D eigenvalue weighted by molar-refractivity contribution is 1.08. The van der Waals surface area contributed by atoms with Crippen molar-refractivity contribution >= 4 is 53.9 Å². The third-order valence-electron chi connectivity index (χ3n) is 9.87. The monoisotopic (exact) mass is 635 g/mol. The van der Waals surface area contributed by atoms with E-state index >= 15 is 0 Å². The van der Waals surface area contributed by atoms with Crippen molar-refractivity contribution < 1.29 is 0 Å². The predicted molar refractivity (Wildman–Crippen MR) is 209 cm³/mol. The fourth-order valence-corrected chi connectivity index (χ4v) is 7.67. The van der Waals surface area contributed by atoms with E-state index in [9.17, 15) is 0 Å². The van der Waals surface area contributed by atoms with E-state index in [0.717, 1.165) is 38.2 Å². The number of fused-ring (bicyclic) bond motifs is 7. The molecule has 0 atom stereocenters. The molecule has 3 nitrogen and oxygen atoms in total. The van der Waals surface area contributed by atoms with Gasteiger partial charge in [-0.3, -0.25) is 0 Å². The van der Waals surface area contributed by atoms with Gasteiger partial charge in [0.1, 0.15) is 0 Å². The Kier molecular flexibility index (Phi) is 6.49. The molecule has 0 saturated heterocycles. The zero-order valence-electron chi connectivity index (χ0n) is 27.1. The summed E-state index contributed by atoms with van der Waals surface area (Å²) in [4.78, 5) is 15.9. The van der Waals surface area contributed by atoms with Gasteiger partial charge in [-0.15, -0.1) is 0 Å². The lowest BCUT2D eigenvalue weighted by Crippen LogP contribution is -2.02. The van der Waals surface area contributed by atoms with E-state index in [-0.39, 0.29) is 0 Å². The van der Waals surface area contributed by atoms with Gasteiger partial charge < -0.3 is 0 Å². The summed E-state index contributed by atoms with van der Waals surface area (Å²) in [7, 11) is 0. The molecule has 0 aliphatic heterocycles. The minimum absolute atomic E-state index is 0.647. The summed E-state index contributed by atoms with van der Waals surface area (Å²) in [6, 6.07) is 62.1. The maximum atomic E-state index is 5.40. The van der Waals surface area contributed by atoms with Crippen LogP contribution in [0, 0.1) is 0 Å². The molecular weight excluding hydrogens is 607 g/mol. The molecule has 9 aromatic carbocycles. The van der Waals surface area contributed by atoms with Crippen molar-refractivity contribution in [3.05, 3.63) is 176 Å². The molecule has 0 amide bonds. The fraction of sp³-hybridized carbons (Fsp3) is 0. The molecule has 0 aliphatic carbocycles. The van der Waals surface area contributed by atoms with Crippen LogP contribution < -0.4 is 0 Å². The van der Waals surface area contributed by atoms with Gasteiger partial charge in [-0.25, -0.2) is 15.0 Å². The summed E-state index contributed by atoms with van der Waals surface area (Å²) in [5, 5.41) is 11.7. The van der Waals surface area contributed by atoms with Crippen LogP contribution in [0.5, 0.6) is 0 Å². The predicted octanol–water partition coefficient (Wildman–Crippen LogP) is 12.3. The molecule has 0 saturated carbocycles. The molecule has 10 aromatic rings. The lowest BCUT2D eigenvalue weighted by atomic mass is 9.88. The normalized spacial score (nSPS) is 11.6. The van der Waals surface area contributed by atoms with Crippen molar-refractivity contribution in [1.82, 2.24) is 15.0 Å². The fourth-order valence-electron chi connectivity index (χ4n) is 7.67. The first kappa shape index (κ1) is 28.3. The molecule has 0 aliphatic rings. The van der Waals surface area contributed by atoms with Gasteiger partial charge in [0.2, 0.25) is 0 Å². The molecule has 10 rings (SSSR count). The summed E-state index contributed by atoms with van der Waals surface area (Å²) < 4.78 is 0. The molecule has 3 heteroatoms. The Balaban J connectivity index is 1.32. The van der Waals surface area contributed by atoms with Gasteiger partial charge >= 0.3 is 0 Å². The van der Waals surface area contributed by atoms with Crippen molar-refractivity contribution in [2.75, 3.05) is 0 Å². The minimum Gasteiger partial charge on any atom is -0.208 e. The van der Waals surface area contributed by atoms with E-state index in [1.54, 1.807) is 0 Å². The van der Waals surface area contributed by atoms with Crippen LogP contribution in [-0.2, 0) is 0 Å². The molecule has 232 valence electrons. The zero-order valence-corrected chi connectivity index (χ0v) is 27.1. The Morgan fingerprint density at radius 1 is 0.280 bits per heavy atom. The smallest absolute Gasteiger partial charge is 0.165 e. The second kappa shape index (κ2) is 11.5. The standard InChI is InChI=1S/C47H29N3/c1-3-16-31(17-4-1)42-37-23-11-13-25-39(37)44(40-26-14-12-24-38(40)42)47-49-45(32-18-5-2-6-19-32)48-46(50-47)41-29-33-28-27-30-15-7-8-20-34(30)43(33)36-22-10-9-21-35(36)41/h1-29H. The van der Waals surface area contributed by atoms with Gasteiger partial charge in [-0.05, 0) is 71.1 Å². The highest BCUT2D eigenvalue weighted by atomic mass is 15.0. The van der Waals surface area contributed by atoms with Crippen LogP contribution in [0.4, 0.5) is 0 Å². The van der Waals surface area contributed by atoms with Crippen LogP contribution in [0.3, 0.4) is 0 Å². The third kappa shape index (κ3) is 4.48. The number of nitrogens with zero attached hydrogens (tertiary/aromatic N) is 3. The van der Waals surface area contributed by atoms with Crippen molar-refractivity contribution in [2.45, 2.75) is 0 Å². The topological polar surface area (TPSA) is 38.7 Å². The molecule has 0 fully saturated rings. The summed E-state index contributed by atoms with van der Waals surface area (Å²) in [6.07, 6.45) is 0. The number of hydrogen-bond donors (Lipinski definition) is 0. The Hall–Kier alpha value is -6.71. The Labute approximate surface area is 289 Å². The highest BCUT2D eigenvalue weighted by Crippen LogP contribution is 2.44. The molecule has 0 spiro atoms. The van der Waals surface area contributed by atoms with Crippen LogP contribution in [0.25, 0.3) is 99.2 Å². The summed E-state index contributed by atoms with van der Waals surface area (Å²) in [5.74, 6) is 1.96. The van der Waals surface area contributed by atoms with Crippen LogP contribution in [0.1, 0.15) is 0 Å². The number of benzene rings is 9. The molecule has 1 heterocycles. The first-order valence-electron chi connectivity index (χ1n) is 17.0. The van der Waals surface area contributed by atoms with E-state index in [1.807, 2.05) is 18.2 Å². The van der Waals surface area contributed by atoms with Crippen LogP contribution in [0.2, 0.25) is 0 Å². The molecule has 50 heavy (non-hydrogen) atoms. The molecule has 0 bridgehead atoms. The maximum absolute atomic E-state index is 5.40.